The Balaban J connectivity index is 0.950. The Morgan fingerprint density at radius 2 is 1.50 bits per heavy atom. The maximum absolute atomic E-state index is 12.0. The van der Waals surface area contributed by atoms with E-state index in [2.05, 4.69) is 52.9 Å². The van der Waals surface area contributed by atoms with Crippen molar-refractivity contribution in [1.82, 2.24) is 24.5 Å². The van der Waals surface area contributed by atoms with E-state index in [9.17, 15) is 9.90 Å². The van der Waals surface area contributed by atoms with Crippen molar-refractivity contribution in [3.63, 3.8) is 0 Å². The Hall–Kier alpha value is -3.62. The molecule has 1 saturated heterocycles. The van der Waals surface area contributed by atoms with Crippen molar-refractivity contribution in [3.05, 3.63) is 41.7 Å². The molecule has 1 aliphatic heterocycles. The minimum atomic E-state index is -1.22. The van der Waals surface area contributed by atoms with Crippen molar-refractivity contribution < 1.29 is 47.8 Å². The number of piperidine rings is 1. The number of ether oxygens (including phenoxy) is 8. The van der Waals surface area contributed by atoms with Gasteiger partial charge in [-0.05, 0) is 43.7 Å². The van der Waals surface area contributed by atoms with E-state index < -0.39 is 8.07 Å². The Bertz CT molecular complexity index is 1610. The summed E-state index contributed by atoms with van der Waals surface area (Å²) in [4.78, 5) is 25.4. The predicted octanol–water partition coefficient (Wildman–Crippen LogP) is 4.93. The number of carbonyl (C=O) groups excluding carboxylic acids is 1. The van der Waals surface area contributed by atoms with E-state index in [1.807, 2.05) is 29.0 Å². The first-order valence-electron chi connectivity index (χ1n) is 21.6. The van der Waals surface area contributed by atoms with Crippen LogP contribution in [0.2, 0.25) is 25.7 Å². The van der Waals surface area contributed by atoms with Gasteiger partial charge in [-0.15, -0.1) is 0 Å². The summed E-state index contributed by atoms with van der Waals surface area (Å²) in [5, 5.41) is 17.8. The molecular weight excluding hydrogens is 791 g/mol. The van der Waals surface area contributed by atoms with Gasteiger partial charge in [0.1, 0.15) is 18.2 Å². The Kier molecular flexibility index (Phi) is 22.9. The van der Waals surface area contributed by atoms with Gasteiger partial charge in [0.05, 0.1) is 92.1 Å². The molecule has 0 bridgehead atoms. The van der Waals surface area contributed by atoms with E-state index in [1.54, 1.807) is 7.05 Å². The molecule has 0 radical (unpaired) electrons. The highest BCUT2D eigenvalue weighted by atomic mass is 28.3. The van der Waals surface area contributed by atoms with Gasteiger partial charge in [0.25, 0.3) is 0 Å². The molecule has 1 amide bonds. The zero-order valence-corrected chi connectivity index (χ0v) is 37.7. The first kappa shape index (κ1) is 49.0. The zero-order valence-electron chi connectivity index (χ0n) is 36.7. The molecule has 1 atom stereocenters. The van der Waals surface area contributed by atoms with Gasteiger partial charge in [0.15, 0.2) is 5.65 Å². The lowest BCUT2D eigenvalue weighted by molar-refractivity contribution is -0.0183. The first-order chi connectivity index (χ1) is 29.2. The molecule has 60 heavy (non-hydrogen) atoms. The molecule has 0 spiro atoms. The highest BCUT2D eigenvalue weighted by Crippen LogP contribution is 2.29. The van der Waals surface area contributed by atoms with Crippen LogP contribution >= 0.6 is 0 Å². The molecule has 2 N–H and O–H groups in total. The Labute approximate surface area is 357 Å². The third kappa shape index (κ3) is 18.6. The van der Waals surface area contributed by atoms with Gasteiger partial charge in [-0.2, -0.15) is 9.61 Å². The maximum atomic E-state index is 12.0. The minimum Gasteiger partial charge on any atom is -0.475 e. The molecule has 338 valence electrons. The second-order valence-electron chi connectivity index (χ2n) is 15.8. The average Bonchev–Trinajstić information content (AvgIpc) is 3.67. The van der Waals surface area contributed by atoms with Gasteiger partial charge in [-0.3, -0.25) is 0 Å². The molecule has 3 aromatic heterocycles. The lowest BCUT2D eigenvalue weighted by Crippen LogP contribution is -2.40. The molecule has 1 aliphatic rings. The smallest absolute Gasteiger partial charge is 0.409 e. The van der Waals surface area contributed by atoms with Crippen LogP contribution in [0.15, 0.2) is 30.6 Å². The van der Waals surface area contributed by atoms with Crippen LogP contribution in [0.1, 0.15) is 43.7 Å². The summed E-state index contributed by atoms with van der Waals surface area (Å²) < 4.78 is 46.3. The SMILES string of the molecule is CCc1cnn2c(NCc3ccc(OCCOCCOCCOCCOCCOCCOCCN(C)C(=O)OCC[Si](C)(C)C)nc3)cc(N3CCCCC3CCO)nc12. The number of nitrogens with one attached hydrogen (secondary N) is 1. The van der Waals surface area contributed by atoms with E-state index in [0.717, 1.165) is 66.7 Å². The van der Waals surface area contributed by atoms with E-state index >= 15 is 0 Å². The van der Waals surface area contributed by atoms with Crippen LogP contribution in [-0.2, 0) is 46.1 Å². The van der Waals surface area contributed by atoms with Gasteiger partial charge in [0.2, 0.25) is 5.88 Å². The number of pyridine rings is 1. The number of likely N-dealkylation sites (N-methyl/N-ethyl adjacent to an activating group) is 1. The second kappa shape index (κ2) is 28.1. The van der Waals surface area contributed by atoms with E-state index in [0.29, 0.717) is 111 Å². The fraction of sp³-hybridized carbons (Fsp3) is 0.714. The van der Waals surface area contributed by atoms with Crippen LogP contribution in [0.4, 0.5) is 16.4 Å². The van der Waals surface area contributed by atoms with Crippen LogP contribution in [-0.4, -0.2) is 169 Å². The summed E-state index contributed by atoms with van der Waals surface area (Å²) in [7, 11) is 0.496. The van der Waals surface area contributed by atoms with E-state index in [4.69, 9.17) is 42.9 Å². The normalized spacial score (nSPS) is 14.5. The lowest BCUT2D eigenvalue weighted by Gasteiger charge is -2.36. The summed E-state index contributed by atoms with van der Waals surface area (Å²) in [5.74, 6) is 2.32. The van der Waals surface area contributed by atoms with Gasteiger partial charge in [-0.1, -0.05) is 32.6 Å². The van der Waals surface area contributed by atoms with Crippen LogP contribution in [0.25, 0.3) is 5.65 Å². The van der Waals surface area contributed by atoms with Gasteiger partial charge in [-0.25, -0.2) is 14.8 Å². The fourth-order valence-corrected chi connectivity index (χ4v) is 7.03. The topological polar surface area (TPSA) is 173 Å². The first-order valence-corrected chi connectivity index (χ1v) is 25.3. The third-order valence-electron chi connectivity index (χ3n) is 9.87. The number of aliphatic hydroxyl groups is 1. The summed E-state index contributed by atoms with van der Waals surface area (Å²) in [5.41, 5.74) is 2.97. The van der Waals surface area contributed by atoms with Crippen molar-refractivity contribution in [1.29, 1.82) is 0 Å². The number of rotatable bonds is 32. The molecule has 1 fully saturated rings. The van der Waals surface area contributed by atoms with E-state index in [1.165, 1.54) is 11.3 Å². The average molecular weight is 862 g/mol. The minimum absolute atomic E-state index is 0.173. The largest absolute Gasteiger partial charge is 0.475 e. The number of hydrogen-bond donors (Lipinski definition) is 2. The maximum Gasteiger partial charge on any atom is 0.409 e. The summed E-state index contributed by atoms with van der Waals surface area (Å²) in [6, 6.07) is 7.17. The van der Waals surface area contributed by atoms with Crippen LogP contribution in [0.5, 0.6) is 5.88 Å². The van der Waals surface area contributed by atoms with Crippen molar-refractivity contribution in [2.24, 2.45) is 0 Å². The Morgan fingerprint density at radius 3 is 2.08 bits per heavy atom. The monoisotopic (exact) mass is 862 g/mol. The number of nitrogens with zero attached hydrogens (tertiary/aromatic N) is 6. The van der Waals surface area contributed by atoms with Gasteiger partial charge < -0.3 is 58.1 Å². The number of aromatic nitrogens is 4. The number of aliphatic hydroxyl groups excluding tert-OH is 1. The second-order valence-corrected chi connectivity index (χ2v) is 21.5. The molecule has 4 rings (SSSR count). The molecule has 3 aromatic rings. The lowest BCUT2D eigenvalue weighted by atomic mass is 9.99. The summed E-state index contributed by atoms with van der Waals surface area (Å²) in [6.45, 7) is 17.4. The molecular formula is C42H71N7O10Si. The van der Waals surface area contributed by atoms with Crippen molar-refractivity contribution in [3.8, 4) is 5.88 Å². The summed E-state index contributed by atoms with van der Waals surface area (Å²) >= 11 is 0. The highest BCUT2D eigenvalue weighted by Gasteiger charge is 2.25. The predicted molar refractivity (Wildman–Crippen MR) is 233 cm³/mol. The number of aryl methyl sites for hydroxylation is 1. The van der Waals surface area contributed by atoms with Gasteiger partial charge >= 0.3 is 6.09 Å². The molecule has 1 unspecified atom stereocenters. The Morgan fingerprint density at radius 1 is 0.867 bits per heavy atom. The van der Waals surface area contributed by atoms with Crippen LogP contribution in [0.3, 0.4) is 0 Å². The molecule has 4 heterocycles. The van der Waals surface area contributed by atoms with Gasteiger partial charge in [0, 0.05) is 71.3 Å². The molecule has 0 saturated carbocycles. The zero-order chi connectivity index (χ0) is 42.8. The van der Waals surface area contributed by atoms with Crippen molar-refractivity contribution in [2.75, 3.05) is 129 Å². The summed E-state index contributed by atoms with van der Waals surface area (Å²) in [6.07, 6.45) is 8.32. The van der Waals surface area contributed by atoms with Crippen molar-refractivity contribution >= 4 is 31.5 Å². The number of amides is 1. The molecule has 0 aromatic carbocycles. The van der Waals surface area contributed by atoms with E-state index in [-0.39, 0.29) is 18.7 Å². The quantitative estimate of drug-likeness (QED) is 0.0639. The van der Waals surface area contributed by atoms with Crippen LogP contribution in [0, 0.1) is 0 Å². The number of carbonyl (C=O) groups is 1. The number of fused-ring (bicyclic) bond motifs is 1. The molecule has 18 heteroatoms. The number of hydrogen-bond acceptors (Lipinski definition) is 15. The van der Waals surface area contributed by atoms with Crippen molar-refractivity contribution in [2.45, 2.75) is 77.3 Å². The standard InChI is InChI=1S/C42H71N7O10Si/c1-6-36-34-45-49-38(31-39(46-41(36)49)48-13-8-7-9-37(48)12-15-50)43-32-35-10-11-40(44-33-35)58-28-27-57-26-25-56-24-23-55-22-21-54-20-19-53-18-17-52-16-14-47(2)42(51)59-29-30-60(3,4)5/h10-11,31,33-34,37,43,50H,6-9,12-30,32H2,1-5H3. The number of anilines is 2. The molecule has 17 nitrogen and oxygen atoms in total. The third-order valence-corrected chi connectivity index (χ3v) is 11.6. The fourth-order valence-electron chi connectivity index (χ4n) is 6.32. The molecule has 0 aliphatic carbocycles. The highest BCUT2D eigenvalue weighted by molar-refractivity contribution is 6.76. The van der Waals surface area contributed by atoms with Crippen LogP contribution < -0.4 is 15.0 Å².